The summed E-state index contributed by atoms with van der Waals surface area (Å²) in [4.78, 5) is 12.2. The van der Waals surface area contributed by atoms with Gasteiger partial charge in [0.25, 0.3) is 5.91 Å². The van der Waals surface area contributed by atoms with Crippen LogP contribution < -0.4 is 11.1 Å². The van der Waals surface area contributed by atoms with Crippen molar-refractivity contribution in [1.82, 2.24) is 5.32 Å². The van der Waals surface area contributed by atoms with E-state index in [4.69, 9.17) is 17.3 Å². The molecule has 0 saturated carbocycles. The number of benzene rings is 2. The van der Waals surface area contributed by atoms with Crippen molar-refractivity contribution in [2.75, 3.05) is 12.3 Å². The molecule has 0 radical (unpaired) electrons. The van der Waals surface area contributed by atoms with Gasteiger partial charge in [0.1, 0.15) is 0 Å². The molecule has 0 unspecified atom stereocenters. The maximum Gasteiger partial charge on any atom is 0.253 e. The summed E-state index contributed by atoms with van der Waals surface area (Å²) >= 11 is 5.84. The molecule has 4 heteroatoms. The molecule has 0 bridgehead atoms. The van der Waals surface area contributed by atoms with Gasteiger partial charge < -0.3 is 11.1 Å². The van der Waals surface area contributed by atoms with Crippen LogP contribution in [0, 0.1) is 0 Å². The first-order valence-electron chi connectivity index (χ1n) is 6.79. The number of anilines is 1. The molecule has 0 aliphatic heterocycles. The molecule has 0 heterocycles. The van der Waals surface area contributed by atoms with Crippen molar-refractivity contribution in [2.45, 2.75) is 19.3 Å². The van der Waals surface area contributed by atoms with Gasteiger partial charge in [-0.2, -0.15) is 0 Å². The van der Waals surface area contributed by atoms with Gasteiger partial charge in [0.05, 0.1) is 5.56 Å². The summed E-state index contributed by atoms with van der Waals surface area (Å²) in [5.41, 5.74) is 7.68. The van der Waals surface area contributed by atoms with Gasteiger partial charge in [0, 0.05) is 22.7 Å². The zero-order valence-corrected chi connectivity index (χ0v) is 12.9. The second-order valence-electron chi connectivity index (χ2n) is 5.66. The van der Waals surface area contributed by atoms with Crippen molar-refractivity contribution in [1.29, 1.82) is 0 Å². The van der Waals surface area contributed by atoms with Gasteiger partial charge in [-0.25, -0.2) is 0 Å². The maximum absolute atomic E-state index is 12.2. The normalized spacial score (nSPS) is 11.2. The van der Waals surface area contributed by atoms with Gasteiger partial charge >= 0.3 is 0 Å². The van der Waals surface area contributed by atoms with Crippen molar-refractivity contribution < 1.29 is 4.79 Å². The molecule has 2 rings (SSSR count). The SMILES string of the molecule is CC(C)(CNC(=O)c1ccc(Cl)cc1N)c1ccccc1. The van der Waals surface area contributed by atoms with Crippen molar-refractivity contribution in [2.24, 2.45) is 0 Å². The van der Waals surface area contributed by atoms with E-state index in [1.165, 1.54) is 5.56 Å². The van der Waals surface area contributed by atoms with E-state index >= 15 is 0 Å². The summed E-state index contributed by atoms with van der Waals surface area (Å²) in [6, 6.07) is 15.0. The fraction of sp³-hybridized carbons (Fsp3) is 0.235. The van der Waals surface area contributed by atoms with Crippen LogP contribution in [-0.4, -0.2) is 12.5 Å². The topological polar surface area (TPSA) is 55.1 Å². The molecule has 3 nitrogen and oxygen atoms in total. The zero-order chi connectivity index (χ0) is 15.5. The number of hydrogen-bond donors (Lipinski definition) is 2. The average molecular weight is 303 g/mol. The van der Waals surface area contributed by atoms with Crippen molar-refractivity contribution in [3.05, 3.63) is 64.7 Å². The third kappa shape index (κ3) is 3.76. The molecule has 2 aromatic rings. The van der Waals surface area contributed by atoms with Crippen LogP contribution in [0.25, 0.3) is 0 Å². The number of rotatable bonds is 4. The summed E-state index contributed by atoms with van der Waals surface area (Å²) in [5.74, 6) is -0.187. The Morgan fingerprint density at radius 2 is 1.86 bits per heavy atom. The highest BCUT2D eigenvalue weighted by Gasteiger charge is 2.21. The van der Waals surface area contributed by atoms with E-state index in [1.807, 2.05) is 18.2 Å². The van der Waals surface area contributed by atoms with Crippen LogP contribution >= 0.6 is 11.6 Å². The smallest absolute Gasteiger partial charge is 0.253 e. The average Bonchev–Trinajstić information content (AvgIpc) is 2.46. The standard InChI is InChI=1S/C17H19ClN2O/c1-17(2,12-6-4-3-5-7-12)11-20-16(21)14-9-8-13(18)10-15(14)19/h3-10H,11,19H2,1-2H3,(H,20,21). The van der Waals surface area contributed by atoms with Gasteiger partial charge in [-0.15, -0.1) is 0 Å². The number of amides is 1. The highest BCUT2D eigenvalue weighted by Crippen LogP contribution is 2.22. The minimum atomic E-state index is -0.187. The zero-order valence-electron chi connectivity index (χ0n) is 12.2. The first kappa shape index (κ1) is 15.4. The Morgan fingerprint density at radius 3 is 2.48 bits per heavy atom. The van der Waals surface area contributed by atoms with E-state index in [2.05, 4.69) is 31.3 Å². The van der Waals surface area contributed by atoms with Crippen LogP contribution in [0.2, 0.25) is 5.02 Å². The molecular formula is C17H19ClN2O. The summed E-state index contributed by atoms with van der Waals surface area (Å²) < 4.78 is 0. The number of nitrogen functional groups attached to an aromatic ring is 1. The molecule has 0 spiro atoms. The van der Waals surface area contributed by atoms with Gasteiger partial charge in [0.2, 0.25) is 0 Å². The molecule has 21 heavy (non-hydrogen) atoms. The Labute approximate surface area is 130 Å². The first-order valence-corrected chi connectivity index (χ1v) is 7.17. The number of hydrogen-bond acceptors (Lipinski definition) is 2. The number of nitrogens with two attached hydrogens (primary N) is 1. The predicted molar refractivity (Wildman–Crippen MR) is 87.7 cm³/mol. The van der Waals surface area contributed by atoms with E-state index in [0.29, 0.717) is 22.8 Å². The van der Waals surface area contributed by atoms with Crippen LogP contribution in [0.1, 0.15) is 29.8 Å². The fourth-order valence-electron chi connectivity index (χ4n) is 2.13. The van der Waals surface area contributed by atoms with Crippen molar-refractivity contribution in [3.8, 4) is 0 Å². The van der Waals surface area contributed by atoms with Crippen LogP contribution in [0.4, 0.5) is 5.69 Å². The fourth-order valence-corrected chi connectivity index (χ4v) is 2.31. The van der Waals surface area contributed by atoms with Crippen LogP contribution in [0.15, 0.2) is 48.5 Å². The lowest BCUT2D eigenvalue weighted by Crippen LogP contribution is -2.36. The number of nitrogens with one attached hydrogen (secondary N) is 1. The quantitative estimate of drug-likeness (QED) is 0.847. The lowest BCUT2D eigenvalue weighted by molar-refractivity contribution is 0.0946. The molecule has 1 amide bonds. The Morgan fingerprint density at radius 1 is 1.19 bits per heavy atom. The van der Waals surface area contributed by atoms with Crippen molar-refractivity contribution in [3.63, 3.8) is 0 Å². The molecule has 110 valence electrons. The largest absolute Gasteiger partial charge is 0.398 e. The maximum atomic E-state index is 12.2. The number of halogens is 1. The van der Waals surface area contributed by atoms with E-state index < -0.39 is 0 Å². The molecule has 0 fully saturated rings. The molecule has 0 aromatic heterocycles. The molecule has 3 N–H and O–H groups in total. The molecule has 0 atom stereocenters. The van der Waals surface area contributed by atoms with Gasteiger partial charge in [-0.05, 0) is 23.8 Å². The molecule has 0 saturated heterocycles. The Kier molecular flexibility index (Phi) is 4.53. The van der Waals surface area contributed by atoms with Gasteiger partial charge in [-0.1, -0.05) is 55.8 Å². The first-order chi connectivity index (χ1) is 9.90. The van der Waals surface area contributed by atoms with Crippen LogP contribution in [0.5, 0.6) is 0 Å². The Balaban J connectivity index is 2.07. The highest BCUT2D eigenvalue weighted by molar-refractivity contribution is 6.31. The third-order valence-electron chi connectivity index (χ3n) is 3.50. The molecule has 0 aliphatic carbocycles. The summed E-state index contributed by atoms with van der Waals surface area (Å²) in [6.07, 6.45) is 0. The van der Waals surface area contributed by atoms with Crippen LogP contribution in [0.3, 0.4) is 0 Å². The van der Waals surface area contributed by atoms with Crippen LogP contribution in [-0.2, 0) is 5.41 Å². The highest BCUT2D eigenvalue weighted by atomic mass is 35.5. The van der Waals surface area contributed by atoms with E-state index in [-0.39, 0.29) is 11.3 Å². The van der Waals surface area contributed by atoms with Crippen molar-refractivity contribution >= 4 is 23.2 Å². The van der Waals surface area contributed by atoms with E-state index in [1.54, 1.807) is 18.2 Å². The minimum Gasteiger partial charge on any atom is -0.398 e. The molecular weight excluding hydrogens is 284 g/mol. The van der Waals surface area contributed by atoms with Gasteiger partial charge in [0.15, 0.2) is 0 Å². The second-order valence-corrected chi connectivity index (χ2v) is 6.10. The monoisotopic (exact) mass is 302 g/mol. The lowest BCUT2D eigenvalue weighted by atomic mass is 9.84. The van der Waals surface area contributed by atoms with Gasteiger partial charge in [-0.3, -0.25) is 4.79 Å². The predicted octanol–water partition coefficient (Wildman–Crippen LogP) is 3.63. The number of carbonyl (C=O) groups is 1. The van der Waals surface area contributed by atoms with E-state index in [9.17, 15) is 4.79 Å². The summed E-state index contributed by atoms with van der Waals surface area (Å²) in [7, 11) is 0. The minimum absolute atomic E-state index is 0.155. The van der Waals surface area contributed by atoms with E-state index in [0.717, 1.165) is 0 Å². The molecule has 0 aliphatic rings. The Hall–Kier alpha value is -2.00. The third-order valence-corrected chi connectivity index (χ3v) is 3.74. The Bertz CT molecular complexity index is 638. The summed E-state index contributed by atoms with van der Waals surface area (Å²) in [6.45, 7) is 4.71. The summed E-state index contributed by atoms with van der Waals surface area (Å²) in [5, 5.41) is 3.46. The molecule has 2 aromatic carbocycles. The lowest BCUT2D eigenvalue weighted by Gasteiger charge is -2.25. The number of carbonyl (C=O) groups excluding carboxylic acids is 1. The second kappa shape index (κ2) is 6.19.